The van der Waals surface area contributed by atoms with E-state index in [4.69, 9.17) is 15.2 Å². The number of imide groups is 1. The summed E-state index contributed by atoms with van der Waals surface area (Å²) in [6.45, 7) is 2.74. The zero-order chi connectivity index (χ0) is 17.8. The van der Waals surface area contributed by atoms with E-state index in [0.717, 1.165) is 11.6 Å². The van der Waals surface area contributed by atoms with Crippen molar-refractivity contribution < 1.29 is 19.1 Å². The summed E-state index contributed by atoms with van der Waals surface area (Å²) in [6.07, 6.45) is 0. The number of nitrogen functional groups attached to an aromatic ring is 1. The molecule has 2 aromatic rings. The van der Waals surface area contributed by atoms with E-state index in [1.165, 1.54) is 4.57 Å². The number of pyridine rings is 1. The van der Waals surface area contributed by atoms with E-state index >= 15 is 0 Å². The van der Waals surface area contributed by atoms with Crippen molar-refractivity contribution in [3.63, 3.8) is 0 Å². The Morgan fingerprint density at radius 1 is 1.12 bits per heavy atom. The average molecular weight is 341 g/mol. The lowest BCUT2D eigenvalue weighted by molar-refractivity contribution is -0.149. The summed E-state index contributed by atoms with van der Waals surface area (Å²) in [6, 6.07) is 8.07. The highest BCUT2D eigenvalue weighted by Gasteiger charge is 2.34. The summed E-state index contributed by atoms with van der Waals surface area (Å²) in [5.41, 5.74) is 6.72. The number of anilines is 1. The molecule has 2 aliphatic rings. The van der Waals surface area contributed by atoms with Gasteiger partial charge in [0.2, 0.25) is 0 Å². The van der Waals surface area contributed by atoms with Crippen LogP contribution in [0.4, 0.5) is 5.82 Å². The number of rotatable bonds is 2. The number of nitrogens with one attached hydrogen (secondary N) is 1. The van der Waals surface area contributed by atoms with Crippen LogP contribution in [0.15, 0.2) is 35.1 Å². The number of hydrogen-bond acceptors (Lipinski definition) is 6. The minimum Gasteiger partial charge on any atom is -0.384 e. The van der Waals surface area contributed by atoms with Gasteiger partial charge in [0.15, 0.2) is 5.79 Å². The number of nitrogens with zero attached hydrogens (tertiary/aromatic N) is 1. The average Bonchev–Trinajstić information content (AvgIpc) is 3.13. The van der Waals surface area contributed by atoms with Gasteiger partial charge in [0.05, 0.1) is 30.0 Å². The molecule has 1 fully saturated rings. The van der Waals surface area contributed by atoms with Crippen LogP contribution in [0.1, 0.15) is 33.2 Å². The maximum atomic E-state index is 12.5. The van der Waals surface area contributed by atoms with Crippen LogP contribution < -0.4 is 16.6 Å². The SMILES string of the molecule is CC1(c2cccc(-n3c(N)c4c(cc3=O)C(=O)NC4=O)c2)OCCO1. The summed E-state index contributed by atoms with van der Waals surface area (Å²) in [4.78, 5) is 36.2. The van der Waals surface area contributed by atoms with Crippen molar-refractivity contribution in [2.24, 2.45) is 0 Å². The topological polar surface area (TPSA) is 113 Å². The molecule has 2 aliphatic heterocycles. The summed E-state index contributed by atoms with van der Waals surface area (Å²) >= 11 is 0. The number of hydrogen-bond donors (Lipinski definition) is 2. The molecule has 128 valence electrons. The van der Waals surface area contributed by atoms with Crippen LogP contribution in [0.25, 0.3) is 5.69 Å². The minimum absolute atomic E-state index is 0.00525. The van der Waals surface area contributed by atoms with Crippen LogP contribution >= 0.6 is 0 Å². The predicted molar refractivity (Wildman–Crippen MR) is 87.5 cm³/mol. The highest BCUT2D eigenvalue weighted by Crippen LogP contribution is 2.32. The normalized spacial score (nSPS) is 18.3. The van der Waals surface area contributed by atoms with Gasteiger partial charge in [-0.3, -0.25) is 24.3 Å². The first-order chi connectivity index (χ1) is 11.9. The number of ether oxygens (including phenoxy) is 2. The monoisotopic (exact) mass is 341 g/mol. The van der Waals surface area contributed by atoms with Gasteiger partial charge in [0.25, 0.3) is 17.4 Å². The molecule has 0 aliphatic carbocycles. The van der Waals surface area contributed by atoms with Gasteiger partial charge >= 0.3 is 0 Å². The smallest absolute Gasteiger partial charge is 0.262 e. The van der Waals surface area contributed by atoms with Crippen molar-refractivity contribution in [2.75, 3.05) is 18.9 Å². The summed E-state index contributed by atoms with van der Waals surface area (Å²) in [7, 11) is 0. The Kier molecular flexibility index (Phi) is 3.28. The molecule has 0 radical (unpaired) electrons. The molecule has 0 saturated carbocycles. The summed E-state index contributed by atoms with van der Waals surface area (Å²) in [5, 5.41) is 2.14. The zero-order valence-corrected chi connectivity index (χ0v) is 13.4. The molecule has 1 saturated heterocycles. The molecule has 1 aromatic carbocycles. The van der Waals surface area contributed by atoms with Crippen LogP contribution in [0, 0.1) is 0 Å². The largest absolute Gasteiger partial charge is 0.384 e. The maximum Gasteiger partial charge on any atom is 0.262 e. The predicted octanol–water partition coefficient (Wildman–Crippen LogP) is 0.523. The van der Waals surface area contributed by atoms with E-state index < -0.39 is 23.2 Å². The summed E-state index contributed by atoms with van der Waals surface area (Å²) < 4.78 is 12.5. The second kappa shape index (κ2) is 5.27. The number of carbonyl (C=O) groups is 2. The Morgan fingerprint density at radius 3 is 2.56 bits per heavy atom. The number of fused-ring (bicyclic) bond motifs is 1. The molecule has 8 nitrogen and oxygen atoms in total. The molecule has 0 bridgehead atoms. The van der Waals surface area contributed by atoms with E-state index in [-0.39, 0.29) is 16.9 Å². The van der Waals surface area contributed by atoms with Gasteiger partial charge in [-0.2, -0.15) is 0 Å². The van der Waals surface area contributed by atoms with Gasteiger partial charge in [0.1, 0.15) is 5.82 Å². The Morgan fingerprint density at radius 2 is 1.84 bits per heavy atom. The molecule has 0 unspecified atom stereocenters. The first-order valence-corrected chi connectivity index (χ1v) is 7.71. The fourth-order valence-electron chi connectivity index (χ4n) is 3.15. The molecule has 4 rings (SSSR count). The van der Waals surface area contributed by atoms with Gasteiger partial charge in [-0.05, 0) is 19.1 Å². The highest BCUT2D eigenvalue weighted by molar-refractivity contribution is 6.23. The molecular weight excluding hydrogens is 326 g/mol. The van der Waals surface area contributed by atoms with E-state index in [9.17, 15) is 14.4 Å². The van der Waals surface area contributed by atoms with Crippen molar-refractivity contribution in [3.05, 3.63) is 57.4 Å². The molecule has 3 heterocycles. The number of amides is 2. The van der Waals surface area contributed by atoms with Crippen LogP contribution in [0.5, 0.6) is 0 Å². The Labute approximate surface area is 142 Å². The third kappa shape index (κ3) is 2.26. The minimum atomic E-state index is -0.904. The van der Waals surface area contributed by atoms with Gasteiger partial charge in [-0.1, -0.05) is 12.1 Å². The van der Waals surface area contributed by atoms with Crippen LogP contribution in [-0.4, -0.2) is 29.6 Å². The third-order valence-corrected chi connectivity index (χ3v) is 4.42. The molecular formula is C17H15N3O5. The van der Waals surface area contributed by atoms with Gasteiger partial charge in [0, 0.05) is 11.6 Å². The first-order valence-electron chi connectivity index (χ1n) is 7.71. The van der Waals surface area contributed by atoms with Crippen LogP contribution in [-0.2, 0) is 15.3 Å². The molecule has 0 atom stereocenters. The van der Waals surface area contributed by atoms with E-state index in [0.29, 0.717) is 18.9 Å². The van der Waals surface area contributed by atoms with Gasteiger partial charge < -0.3 is 15.2 Å². The lowest BCUT2D eigenvalue weighted by Crippen LogP contribution is -2.26. The molecule has 1 aromatic heterocycles. The van der Waals surface area contributed by atoms with Crippen LogP contribution in [0.3, 0.4) is 0 Å². The Bertz CT molecular complexity index is 973. The van der Waals surface area contributed by atoms with Gasteiger partial charge in [-0.15, -0.1) is 0 Å². The fraction of sp³-hybridized carbons (Fsp3) is 0.235. The Hall–Kier alpha value is -2.97. The number of nitrogens with two attached hydrogens (primary N) is 1. The molecule has 0 spiro atoms. The lowest BCUT2D eigenvalue weighted by atomic mass is 10.1. The van der Waals surface area contributed by atoms with Crippen molar-refractivity contribution in [1.82, 2.24) is 9.88 Å². The zero-order valence-electron chi connectivity index (χ0n) is 13.4. The highest BCUT2D eigenvalue weighted by atomic mass is 16.7. The second-order valence-electron chi connectivity index (χ2n) is 5.97. The molecule has 2 amide bonds. The van der Waals surface area contributed by atoms with E-state index in [1.54, 1.807) is 25.1 Å². The van der Waals surface area contributed by atoms with Crippen molar-refractivity contribution in [3.8, 4) is 5.69 Å². The molecule has 3 N–H and O–H groups in total. The number of aromatic nitrogens is 1. The van der Waals surface area contributed by atoms with E-state index in [1.807, 2.05) is 6.07 Å². The fourth-order valence-corrected chi connectivity index (χ4v) is 3.15. The number of benzene rings is 1. The molecule has 25 heavy (non-hydrogen) atoms. The number of carbonyl (C=O) groups excluding carboxylic acids is 2. The second-order valence-corrected chi connectivity index (χ2v) is 5.97. The maximum absolute atomic E-state index is 12.5. The van der Waals surface area contributed by atoms with Crippen molar-refractivity contribution >= 4 is 17.6 Å². The lowest BCUT2D eigenvalue weighted by Gasteiger charge is -2.23. The summed E-state index contributed by atoms with van der Waals surface area (Å²) in [5.74, 6) is -2.22. The van der Waals surface area contributed by atoms with Crippen molar-refractivity contribution in [1.29, 1.82) is 0 Å². The van der Waals surface area contributed by atoms with Gasteiger partial charge in [-0.25, -0.2) is 0 Å². The molecule has 8 heteroatoms. The van der Waals surface area contributed by atoms with Crippen LogP contribution in [0.2, 0.25) is 0 Å². The van der Waals surface area contributed by atoms with E-state index in [2.05, 4.69) is 5.32 Å². The third-order valence-electron chi connectivity index (χ3n) is 4.42. The Balaban J connectivity index is 1.89. The standard InChI is InChI=1S/C17H15N3O5/c1-17(24-5-6-25-17)9-3-2-4-10(7-9)20-12(21)8-11-13(14(20)18)16(23)19-15(11)22/h2-4,7-8H,5-6,18H2,1H3,(H,19,22,23). The van der Waals surface area contributed by atoms with Crippen molar-refractivity contribution in [2.45, 2.75) is 12.7 Å². The quantitative estimate of drug-likeness (QED) is 0.770. The first kappa shape index (κ1) is 15.6.